The van der Waals surface area contributed by atoms with Crippen LogP contribution >= 0.6 is 11.8 Å². The van der Waals surface area contributed by atoms with Gasteiger partial charge >= 0.3 is 0 Å². The highest BCUT2D eigenvalue weighted by Gasteiger charge is 2.42. The van der Waals surface area contributed by atoms with Gasteiger partial charge in [-0.25, -0.2) is 0 Å². The third-order valence-electron chi connectivity index (χ3n) is 4.10. The molecule has 0 radical (unpaired) electrons. The summed E-state index contributed by atoms with van der Waals surface area (Å²) in [5.41, 5.74) is 1.97. The van der Waals surface area contributed by atoms with Gasteiger partial charge in [-0.2, -0.15) is 0 Å². The van der Waals surface area contributed by atoms with E-state index in [0.717, 1.165) is 18.6 Å². The SMILES string of the molecule is CCCC1(O)CN(C(=O)CCSc2ccc(C)c(C)c2)C1. The van der Waals surface area contributed by atoms with Crippen LogP contribution in [0.3, 0.4) is 0 Å². The topological polar surface area (TPSA) is 40.5 Å². The number of likely N-dealkylation sites (tertiary alicyclic amines) is 1. The third-order valence-corrected chi connectivity index (χ3v) is 5.10. The fraction of sp³-hybridized carbons (Fsp3) is 0.588. The molecule has 1 aromatic rings. The van der Waals surface area contributed by atoms with Gasteiger partial charge < -0.3 is 10.0 Å². The third kappa shape index (κ3) is 4.24. The number of hydrogen-bond acceptors (Lipinski definition) is 3. The number of carbonyl (C=O) groups is 1. The van der Waals surface area contributed by atoms with Gasteiger partial charge in [-0.1, -0.05) is 19.4 Å². The molecule has 2 rings (SSSR count). The molecule has 0 aliphatic carbocycles. The van der Waals surface area contributed by atoms with Crippen LogP contribution in [0.2, 0.25) is 0 Å². The van der Waals surface area contributed by atoms with Crippen LogP contribution in [0, 0.1) is 13.8 Å². The first kappa shape index (κ1) is 16.4. The molecule has 0 atom stereocenters. The smallest absolute Gasteiger partial charge is 0.223 e. The standard InChI is InChI=1S/C17H25NO2S/c1-4-8-17(20)11-18(12-17)16(19)7-9-21-15-6-5-13(2)14(3)10-15/h5-6,10,20H,4,7-9,11-12H2,1-3H3. The van der Waals surface area contributed by atoms with Crippen molar-refractivity contribution in [1.29, 1.82) is 0 Å². The van der Waals surface area contributed by atoms with E-state index in [1.54, 1.807) is 16.7 Å². The lowest BCUT2D eigenvalue weighted by atomic mass is 9.89. The number of nitrogens with zero attached hydrogens (tertiary/aromatic N) is 1. The lowest BCUT2D eigenvalue weighted by Gasteiger charge is -2.46. The van der Waals surface area contributed by atoms with Gasteiger partial charge in [-0.15, -0.1) is 11.8 Å². The van der Waals surface area contributed by atoms with Crippen molar-refractivity contribution in [1.82, 2.24) is 4.90 Å². The second kappa shape index (κ2) is 6.84. The number of thioether (sulfide) groups is 1. The monoisotopic (exact) mass is 307 g/mol. The van der Waals surface area contributed by atoms with E-state index in [2.05, 4.69) is 39.0 Å². The van der Waals surface area contributed by atoms with E-state index < -0.39 is 5.60 Å². The first-order chi connectivity index (χ1) is 9.93. The first-order valence-corrected chi connectivity index (χ1v) is 8.62. The number of aliphatic hydroxyl groups is 1. The molecule has 3 nitrogen and oxygen atoms in total. The summed E-state index contributed by atoms with van der Waals surface area (Å²) < 4.78 is 0. The fourth-order valence-electron chi connectivity index (χ4n) is 2.68. The van der Waals surface area contributed by atoms with E-state index in [-0.39, 0.29) is 5.91 Å². The molecule has 1 N–H and O–H groups in total. The first-order valence-electron chi connectivity index (χ1n) is 7.64. The second-order valence-corrected chi connectivity index (χ2v) is 7.24. The Bertz CT molecular complexity index is 510. The van der Waals surface area contributed by atoms with Crippen LogP contribution in [0.4, 0.5) is 0 Å². The molecule has 21 heavy (non-hydrogen) atoms. The van der Waals surface area contributed by atoms with Gasteiger partial charge in [0.1, 0.15) is 0 Å². The van der Waals surface area contributed by atoms with Crippen LogP contribution < -0.4 is 0 Å². The Balaban J connectivity index is 1.72. The van der Waals surface area contributed by atoms with Crippen molar-refractivity contribution in [2.75, 3.05) is 18.8 Å². The molecule has 1 heterocycles. The molecule has 116 valence electrons. The van der Waals surface area contributed by atoms with Crippen molar-refractivity contribution in [2.24, 2.45) is 0 Å². The van der Waals surface area contributed by atoms with Crippen molar-refractivity contribution in [2.45, 2.75) is 50.5 Å². The number of aryl methyl sites for hydroxylation is 2. The van der Waals surface area contributed by atoms with Crippen molar-refractivity contribution < 1.29 is 9.90 Å². The minimum absolute atomic E-state index is 0.159. The minimum Gasteiger partial charge on any atom is -0.386 e. The maximum atomic E-state index is 12.0. The highest BCUT2D eigenvalue weighted by Crippen LogP contribution is 2.27. The second-order valence-electron chi connectivity index (χ2n) is 6.07. The Morgan fingerprint density at radius 3 is 2.67 bits per heavy atom. The Morgan fingerprint density at radius 2 is 2.05 bits per heavy atom. The van der Waals surface area contributed by atoms with Crippen LogP contribution in [-0.2, 0) is 4.79 Å². The molecule has 4 heteroatoms. The van der Waals surface area contributed by atoms with Gasteiger partial charge in [0, 0.05) is 17.1 Å². The van der Waals surface area contributed by atoms with Crippen LogP contribution in [0.1, 0.15) is 37.3 Å². The number of carbonyl (C=O) groups excluding carboxylic acids is 1. The maximum absolute atomic E-state index is 12.0. The van der Waals surface area contributed by atoms with E-state index in [9.17, 15) is 9.90 Å². The number of benzene rings is 1. The zero-order valence-electron chi connectivity index (χ0n) is 13.2. The normalized spacial score (nSPS) is 16.7. The zero-order valence-corrected chi connectivity index (χ0v) is 14.0. The van der Waals surface area contributed by atoms with Gasteiger partial charge in [0.2, 0.25) is 5.91 Å². The minimum atomic E-state index is -0.619. The summed E-state index contributed by atoms with van der Waals surface area (Å²) >= 11 is 1.72. The molecule has 1 aromatic carbocycles. The van der Waals surface area contributed by atoms with Crippen LogP contribution in [0.5, 0.6) is 0 Å². The molecular formula is C17H25NO2S. The molecule has 0 saturated carbocycles. The fourth-order valence-corrected chi connectivity index (χ4v) is 3.62. The Hall–Kier alpha value is -1.00. The van der Waals surface area contributed by atoms with Crippen LogP contribution in [0.15, 0.2) is 23.1 Å². The molecule has 0 unspecified atom stereocenters. The quantitative estimate of drug-likeness (QED) is 0.821. The highest BCUT2D eigenvalue weighted by molar-refractivity contribution is 7.99. The highest BCUT2D eigenvalue weighted by atomic mass is 32.2. The summed E-state index contributed by atoms with van der Waals surface area (Å²) in [6.07, 6.45) is 2.29. The predicted octanol–water partition coefficient (Wildman–Crippen LogP) is 3.16. The Kier molecular flexibility index (Phi) is 5.33. The van der Waals surface area contributed by atoms with E-state index in [4.69, 9.17) is 0 Å². The van der Waals surface area contributed by atoms with E-state index in [1.807, 2.05) is 0 Å². The summed E-state index contributed by atoms with van der Waals surface area (Å²) in [7, 11) is 0. The summed E-state index contributed by atoms with van der Waals surface area (Å²) in [4.78, 5) is 15.0. The summed E-state index contributed by atoms with van der Waals surface area (Å²) in [6, 6.07) is 6.41. The van der Waals surface area contributed by atoms with Crippen LogP contribution in [0.25, 0.3) is 0 Å². The Labute approximate surface area is 131 Å². The van der Waals surface area contributed by atoms with Gasteiger partial charge in [0.25, 0.3) is 0 Å². The zero-order chi connectivity index (χ0) is 15.5. The summed E-state index contributed by atoms with van der Waals surface area (Å²) in [6.45, 7) is 7.29. The number of β-amino-alcohol motifs (C(OH)–C–C–N with tert-alkyl or cyclic N) is 1. The predicted molar refractivity (Wildman–Crippen MR) is 87.7 cm³/mol. The summed E-state index contributed by atoms with van der Waals surface area (Å²) in [5.74, 6) is 0.955. The molecule has 1 amide bonds. The molecule has 0 spiro atoms. The maximum Gasteiger partial charge on any atom is 0.223 e. The van der Waals surface area contributed by atoms with Crippen molar-refractivity contribution >= 4 is 17.7 Å². The van der Waals surface area contributed by atoms with Gasteiger partial charge in [-0.3, -0.25) is 4.79 Å². The largest absolute Gasteiger partial charge is 0.386 e. The van der Waals surface area contributed by atoms with Crippen molar-refractivity contribution in [3.8, 4) is 0 Å². The molecule has 1 fully saturated rings. The molecule has 1 aliphatic rings. The Morgan fingerprint density at radius 1 is 1.33 bits per heavy atom. The molecule has 1 saturated heterocycles. The average molecular weight is 307 g/mol. The van der Waals surface area contributed by atoms with Gasteiger partial charge in [0.05, 0.1) is 18.7 Å². The lowest BCUT2D eigenvalue weighted by Crippen LogP contribution is -2.63. The van der Waals surface area contributed by atoms with Gasteiger partial charge in [-0.05, 0) is 43.5 Å². The molecule has 0 bridgehead atoms. The van der Waals surface area contributed by atoms with E-state index >= 15 is 0 Å². The summed E-state index contributed by atoms with van der Waals surface area (Å²) in [5, 5.41) is 10.1. The van der Waals surface area contributed by atoms with Crippen molar-refractivity contribution in [3.63, 3.8) is 0 Å². The number of rotatable bonds is 6. The number of amides is 1. The van der Waals surface area contributed by atoms with E-state index in [1.165, 1.54) is 16.0 Å². The lowest BCUT2D eigenvalue weighted by molar-refractivity contribution is -0.156. The molecule has 1 aliphatic heterocycles. The van der Waals surface area contributed by atoms with E-state index in [0.29, 0.717) is 19.5 Å². The van der Waals surface area contributed by atoms with Gasteiger partial charge in [0.15, 0.2) is 0 Å². The number of hydrogen-bond donors (Lipinski definition) is 1. The van der Waals surface area contributed by atoms with Crippen LogP contribution in [-0.4, -0.2) is 40.4 Å². The van der Waals surface area contributed by atoms with Crippen molar-refractivity contribution in [3.05, 3.63) is 29.3 Å². The molecular weight excluding hydrogens is 282 g/mol. The average Bonchev–Trinajstić information content (AvgIpc) is 2.40. The molecule has 0 aromatic heterocycles.